The predicted molar refractivity (Wildman–Crippen MR) is 107 cm³/mol. The molecule has 0 radical (unpaired) electrons. The fourth-order valence-electron chi connectivity index (χ4n) is 2.66. The number of Topliss-reactive ketones (excluding diaryl/α,β-unsaturated/α-hetero) is 1. The van der Waals surface area contributed by atoms with Crippen LogP contribution >= 0.6 is 22.6 Å². The van der Waals surface area contributed by atoms with E-state index in [1.54, 1.807) is 23.3 Å². The average Bonchev–Trinajstić information content (AvgIpc) is 2.55. The fraction of sp³-hybridized carbons (Fsp3) is 0.474. The Kier molecular flexibility index (Phi) is 6.60. The minimum Gasteiger partial charge on any atom is -0.325 e. The lowest BCUT2D eigenvalue weighted by Crippen LogP contribution is -2.41. The summed E-state index contributed by atoms with van der Waals surface area (Å²) >= 11 is 2.09. The van der Waals surface area contributed by atoms with Crippen LogP contribution in [0, 0.1) is 9.49 Å². The molecular weight excluding hydrogens is 447 g/mol. The van der Waals surface area contributed by atoms with Crippen LogP contribution < -0.4 is 5.32 Å². The lowest BCUT2D eigenvalue weighted by molar-refractivity contribution is -0.215. The molecule has 1 amide bonds. The summed E-state index contributed by atoms with van der Waals surface area (Å²) in [5.41, 5.74) is 1.19. The molecule has 0 spiro atoms. The standard InChI is InChI=1S/C19H23IN2O4/c1-12(24)13-5-6-17(16(20)10-13)21-18(25)14-7-8-22(15(9-14)11-23)26-19(2,3)4/h5-6,10,14H,7-9H2,1-4H3,(H,21,25). The summed E-state index contributed by atoms with van der Waals surface area (Å²) in [6.07, 6.45) is 0.864. The maximum absolute atomic E-state index is 12.6. The number of nitrogens with one attached hydrogen (secondary N) is 1. The van der Waals surface area contributed by atoms with Crippen LogP contribution in [0.4, 0.5) is 5.69 Å². The molecule has 1 aromatic rings. The third kappa shape index (κ3) is 5.40. The molecule has 1 fully saturated rings. The monoisotopic (exact) mass is 470 g/mol. The van der Waals surface area contributed by atoms with Crippen molar-refractivity contribution in [1.29, 1.82) is 0 Å². The number of halogens is 1. The van der Waals surface area contributed by atoms with Gasteiger partial charge >= 0.3 is 0 Å². The van der Waals surface area contributed by atoms with Gasteiger partial charge < -0.3 is 5.32 Å². The first-order chi connectivity index (χ1) is 12.1. The number of piperidine rings is 1. The number of carbonyl (C=O) groups excluding carboxylic acids is 3. The number of rotatable bonds is 4. The molecule has 1 N–H and O–H groups in total. The van der Waals surface area contributed by atoms with Crippen molar-refractivity contribution in [2.75, 3.05) is 11.9 Å². The van der Waals surface area contributed by atoms with Gasteiger partial charge in [0.25, 0.3) is 0 Å². The summed E-state index contributed by atoms with van der Waals surface area (Å²) in [5, 5.41) is 4.44. The van der Waals surface area contributed by atoms with Gasteiger partial charge in [0, 0.05) is 28.0 Å². The van der Waals surface area contributed by atoms with Crippen LogP contribution in [0.1, 0.15) is 50.9 Å². The normalized spacial score (nSPS) is 17.7. The van der Waals surface area contributed by atoms with Crippen LogP contribution in [0.3, 0.4) is 0 Å². The molecule has 1 unspecified atom stereocenters. The zero-order chi connectivity index (χ0) is 19.5. The number of carbonyl (C=O) groups is 2. The van der Waals surface area contributed by atoms with E-state index in [1.165, 1.54) is 6.92 Å². The summed E-state index contributed by atoms with van der Waals surface area (Å²) in [6.45, 7) is 7.67. The molecule has 26 heavy (non-hydrogen) atoms. The number of amides is 1. The summed E-state index contributed by atoms with van der Waals surface area (Å²) in [5.74, 6) is 1.41. The Morgan fingerprint density at radius 3 is 2.58 bits per heavy atom. The highest BCUT2D eigenvalue weighted by atomic mass is 127. The number of ketones is 1. The Labute approximate surface area is 167 Å². The molecule has 1 atom stereocenters. The number of allylic oxidation sites excluding steroid dienone is 1. The van der Waals surface area contributed by atoms with Gasteiger partial charge in [0.1, 0.15) is 11.6 Å². The predicted octanol–water partition coefficient (Wildman–Crippen LogP) is 3.59. The highest BCUT2D eigenvalue weighted by Crippen LogP contribution is 2.29. The molecule has 0 aromatic heterocycles. The van der Waals surface area contributed by atoms with Crippen molar-refractivity contribution in [2.24, 2.45) is 5.92 Å². The highest BCUT2D eigenvalue weighted by Gasteiger charge is 2.31. The molecule has 1 aromatic carbocycles. The number of hydrogen-bond acceptors (Lipinski definition) is 5. The van der Waals surface area contributed by atoms with Crippen LogP contribution in [0.25, 0.3) is 0 Å². The Balaban J connectivity index is 2.05. The lowest BCUT2D eigenvalue weighted by Gasteiger charge is -2.36. The van der Waals surface area contributed by atoms with Crippen molar-refractivity contribution in [2.45, 2.75) is 46.1 Å². The number of nitrogens with zero attached hydrogens (tertiary/aromatic N) is 1. The quantitative estimate of drug-likeness (QED) is 0.414. The number of benzene rings is 1. The Hall–Kier alpha value is -1.70. The van der Waals surface area contributed by atoms with Crippen LogP contribution in [-0.2, 0) is 14.4 Å². The third-order valence-electron chi connectivity index (χ3n) is 3.93. The summed E-state index contributed by atoms with van der Waals surface area (Å²) in [6, 6.07) is 5.16. The van der Waals surface area contributed by atoms with Gasteiger partial charge in [-0.05, 0) is 74.9 Å². The zero-order valence-corrected chi connectivity index (χ0v) is 17.5. The molecule has 7 heteroatoms. The third-order valence-corrected chi connectivity index (χ3v) is 4.82. The maximum atomic E-state index is 12.6. The van der Waals surface area contributed by atoms with Gasteiger partial charge in [0.15, 0.2) is 5.78 Å². The number of anilines is 1. The SMILES string of the molecule is CC(=O)c1ccc(NC(=O)C2CCN(OC(C)(C)C)C(=C=O)C2)c(I)c1. The molecule has 0 bridgehead atoms. The molecule has 2 rings (SSSR count). The molecule has 0 aliphatic carbocycles. The first-order valence-corrected chi connectivity index (χ1v) is 9.50. The summed E-state index contributed by atoms with van der Waals surface area (Å²) < 4.78 is 0.795. The second-order valence-corrected chi connectivity index (χ2v) is 8.45. The van der Waals surface area contributed by atoms with E-state index in [9.17, 15) is 14.4 Å². The molecule has 1 aliphatic rings. The molecule has 1 saturated heterocycles. The second-order valence-electron chi connectivity index (χ2n) is 7.28. The Morgan fingerprint density at radius 2 is 2.04 bits per heavy atom. The topological polar surface area (TPSA) is 75.7 Å². The van der Waals surface area contributed by atoms with Crippen LogP contribution in [0.15, 0.2) is 23.9 Å². The lowest BCUT2D eigenvalue weighted by atomic mass is 9.94. The van der Waals surface area contributed by atoms with Gasteiger partial charge in [0.2, 0.25) is 5.91 Å². The van der Waals surface area contributed by atoms with E-state index in [0.29, 0.717) is 29.9 Å². The van der Waals surface area contributed by atoms with Gasteiger partial charge in [0.05, 0.1) is 11.3 Å². The van der Waals surface area contributed by atoms with E-state index in [1.807, 2.05) is 26.7 Å². The largest absolute Gasteiger partial charge is 0.325 e. The summed E-state index contributed by atoms with van der Waals surface area (Å²) in [4.78, 5) is 41.1. The summed E-state index contributed by atoms with van der Waals surface area (Å²) in [7, 11) is 0. The van der Waals surface area contributed by atoms with Gasteiger partial charge in [-0.15, -0.1) is 0 Å². The average molecular weight is 470 g/mol. The van der Waals surface area contributed by atoms with Crippen LogP contribution in [0.2, 0.25) is 0 Å². The van der Waals surface area contributed by atoms with Crippen LogP contribution in [0.5, 0.6) is 0 Å². The maximum Gasteiger partial charge on any atom is 0.228 e. The first-order valence-electron chi connectivity index (χ1n) is 8.42. The minimum atomic E-state index is -0.425. The van der Waals surface area contributed by atoms with Crippen molar-refractivity contribution >= 4 is 45.9 Å². The van der Waals surface area contributed by atoms with Crippen LogP contribution in [-0.4, -0.2) is 34.8 Å². The molecule has 1 heterocycles. The Morgan fingerprint density at radius 1 is 1.35 bits per heavy atom. The van der Waals surface area contributed by atoms with Crippen molar-refractivity contribution in [3.05, 3.63) is 33.0 Å². The molecular formula is C19H23IN2O4. The smallest absolute Gasteiger partial charge is 0.228 e. The molecule has 1 aliphatic heterocycles. The molecule has 6 nitrogen and oxygen atoms in total. The Bertz CT molecular complexity index is 763. The van der Waals surface area contributed by atoms with E-state index in [0.717, 1.165) is 3.57 Å². The van der Waals surface area contributed by atoms with Gasteiger partial charge in [-0.2, -0.15) is 0 Å². The van der Waals surface area contributed by atoms with E-state index < -0.39 is 5.60 Å². The number of hydroxylamine groups is 2. The van der Waals surface area contributed by atoms with E-state index in [4.69, 9.17) is 4.84 Å². The van der Waals surface area contributed by atoms with E-state index in [2.05, 4.69) is 27.9 Å². The van der Waals surface area contributed by atoms with Crippen molar-refractivity contribution in [3.8, 4) is 0 Å². The van der Waals surface area contributed by atoms with E-state index in [-0.39, 0.29) is 24.0 Å². The van der Waals surface area contributed by atoms with Crippen molar-refractivity contribution in [1.82, 2.24) is 5.06 Å². The fourth-order valence-corrected chi connectivity index (χ4v) is 3.31. The minimum absolute atomic E-state index is 0.0206. The first kappa shape index (κ1) is 20.6. The second kappa shape index (κ2) is 8.33. The molecule has 0 saturated carbocycles. The van der Waals surface area contributed by atoms with Crippen molar-refractivity contribution in [3.63, 3.8) is 0 Å². The highest BCUT2D eigenvalue weighted by molar-refractivity contribution is 14.1. The number of hydrogen-bond donors (Lipinski definition) is 1. The van der Waals surface area contributed by atoms with Gasteiger partial charge in [-0.1, -0.05) is 0 Å². The van der Waals surface area contributed by atoms with Gasteiger partial charge in [-0.25, -0.2) is 9.86 Å². The van der Waals surface area contributed by atoms with E-state index >= 15 is 0 Å². The zero-order valence-electron chi connectivity index (χ0n) is 15.4. The molecule has 140 valence electrons. The van der Waals surface area contributed by atoms with Gasteiger partial charge in [-0.3, -0.25) is 14.4 Å². The van der Waals surface area contributed by atoms with Crippen molar-refractivity contribution < 1.29 is 19.2 Å².